The predicted octanol–water partition coefficient (Wildman–Crippen LogP) is 4.88. The number of fused-ring (bicyclic) bond motifs is 5. The molecule has 2 aromatic carbocycles. The maximum Gasteiger partial charge on any atom is 0.238 e. The van der Waals surface area contributed by atoms with Gasteiger partial charge in [0.2, 0.25) is 11.8 Å². The molecule has 28 heavy (non-hydrogen) atoms. The molecule has 2 amide bonds. The Morgan fingerprint density at radius 1 is 0.929 bits per heavy atom. The fourth-order valence-electron chi connectivity index (χ4n) is 4.65. The number of amides is 2. The van der Waals surface area contributed by atoms with Crippen LogP contribution in [0.4, 0.5) is 5.69 Å². The van der Waals surface area contributed by atoms with Gasteiger partial charge in [0.05, 0.1) is 17.5 Å². The Bertz CT molecular complexity index is 971. The molecule has 2 aliphatic carbocycles. The summed E-state index contributed by atoms with van der Waals surface area (Å²) < 4.78 is 5.78. The van der Waals surface area contributed by atoms with Crippen molar-refractivity contribution in [1.29, 1.82) is 0 Å². The van der Waals surface area contributed by atoms with Crippen LogP contribution in [0.25, 0.3) is 0 Å². The Morgan fingerprint density at radius 2 is 1.57 bits per heavy atom. The van der Waals surface area contributed by atoms with E-state index in [1.807, 2.05) is 6.07 Å². The zero-order valence-corrected chi connectivity index (χ0v) is 16.4. The summed E-state index contributed by atoms with van der Waals surface area (Å²) in [5.74, 6) is 0.528. The van der Waals surface area contributed by atoms with Gasteiger partial charge in [-0.3, -0.25) is 14.5 Å². The average molecular weight is 414 g/mol. The molecule has 2 bridgehead atoms. The van der Waals surface area contributed by atoms with Crippen LogP contribution in [0.3, 0.4) is 0 Å². The van der Waals surface area contributed by atoms with E-state index in [4.69, 9.17) is 27.9 Å². The van der Waals surface area contributed by atoms with Crippen LogP contribution in [0.2, 0.25) is 10.0 Å². The summed E-state index contributed by atoms with van der Waals surface area (Å²) in [6.45, 7) is 0.302. The molecule has 1 saturated carbocycles. The van der Waals surface area contributed by atoms with Crippen molar-refractivity contribution in [2.75, 3.05) is 4.90 Å². The van der Waals surface area contributed by atoms with Gasteiger partial charge in [-0.25, -0.2) is 0 Å². The second kappa shape index (κ2) is 6.64. The molecule has 0 aromatic heterocycles. The highest BCUT2D eigenvalue weighted by Gasteiger charge is 2.59. The van der Waals surface area contributed by atoms with Crippen molar-refractivity contribution in [3.63, 3.8) is 0 Å². The van der Waals surface area contributed by atoms with Crippen LogP contribution < -0.4 is 9.64 Å². The van der Waals surface area contributed by atoms with Crippen LogP contribution in [0.15, 0.2) is 54.6 Å². The van der Waals surface area contributed by atoms with E-state index in [1.54, 1.807) is 36.4 Å². The normalized spacial score (nSPS) is 27.6. The number of carbonyl (C=O) groups excluding carboxylic acids is 2. The minimum atomic E-state index is -0.189. The van der Waals surface area contributed by atoms with E-state index >= 15 is 0 Å². The summed E-state index contributed by atoms with van der Waals surface area (Å²) in [4.78, 5) is 27.1. The zero-order valence-electron chi connectivity index (χ0n) is 14.8. The van der Waals surface area contributed by atoms with Crippen LogP contribution in [0.1, 0.15) is 12.0 Å². The second-order valence-corrected chi connectivity index (χ2v) is 8.37. The Morgan fingerprint density at radius 3 is 2.18 bits per heavy atom. The smallest absolute Gasteiger partial charge is 0.238 e. The number of anilines is 1. The fourth-order valence-corrected chi connectivity index (χ4v) is 5.11. The maximum absolute atomic E-state index is 12.9. The van der Waals surface area contributed by atoms with Gasteiger partial charge in [-0.1, -0.05) is 41.4 Å². The predicted molar refractivity (Wildman–Crippen MR) is 107 cm³/mol. The fraction of sp³-hybridized carbons (Fsp3) is 0.273. The van der Waals surface area contributed by atoms with Crippen molar-refractivity contribution in [2.24, 2.45) is 23.7 Å². The lowest BCUT2D eigenvalue weighted by Crippen LogP contribution is -2.32. The largest absolute Gasteiger partial charge is 0.489 e. The Hall–Kier alpha value is -2.30. The molecule has 4 nitrogen and oxygen atoms in total. The van der Waals surface area contributed by atoms with Crippen LogP contribution in [-0.4, -0.2) is 11.8 Å². The van der Waals surface area contributed by atoms with Crippen LogP contribution in [-0.2, 0) is 16.2 Å². The number of carbonyl (C=O) groups is 2. The molecule has 5 rings (SSSR count). The van der Waals surface area contributed by atoms with Crippen LogP contribution in [0, 0.1) is 23.7 Å². The molecule has 0 spiro atoms. The molecule has 1 saturated heterocycles. The van der Waals surface area contributed by atoms with Crippen molar-refractivity contribution >= 4 is 40.7 Å². The van der Waals surface area contributed by atoms with Gasteiger partial charge in [0.15, 0.2) is 0 Å². The SMILES string of the molecule is O=C1[C@@H]2[C@H](C(=O)N1c1ccc(OCc3ccc(Cl)cc3Cl)cc1)[C@H]1C=C[C@H]2C1. The Labute approximate surface area is 172 Å². The van der Waals surface area contributed by atoms with Gasteiger partial charge in [-0.05, 0) is 54.7 Å². The number of benzene rings is 2. The first-order chi connectivity index (χ1) is 13.5. The highest BCUT2D eigenvalue weighted by Crippen LogP contribution is 2.53. The summed E-state index contributed by atoms with van der Waals surface area (Å²) in [6.07, 6.45) is 5.12. The molecule has 1 aliphatic heterocycles. The molecule has 1 heterocycles. The van der Waals surface area contributed by atoms with Gasteiger partial charge in [-0.2, -0.15) is 0 Å². The first-order valence-corrected chi connectivity index (χ1v) is 10.0. The van der Waals surface area contributed by atoms with E-state index in [0.717, 1.165) is 12.0 Å². The number of ether oxygens (including phenoxy) is 1. The highest BCUT2D eigenvalue weighted by atomic mass is 35.5. The van der Waals surface area contributed by atoms with Gasteiger partial charge >= 0.3 is 0 Å². The molecule has 6 heteroatoms. The number of hydrogen-bond donors (Lipinski definition) is 0. The highest BCUT2D eigenvalue weighted by molar-refractivity contribution is 6.35. The Kier molecular flexibility index (Phi) is 4.22. The van der Waals surface area contributed by atoms with Crippen molar-refractivity contribution < 1.29 is 14.3 Å². The van der Waals surface area contributed by atoms with E-state index < -0.39 is 0 Å². The molecule has 2 aromatic rings. The summed E-state index contributed by atoms with van der Waals surface area (Å²) in [5.41, 5.74) is 1.43. The molecule has 142 valence electrons. The van der Waals surface area contributed by atoms with E-state index in [0.29, 0.717) is 28.1 Å². The lowest BCUT2D eigenvalue weighted by atomic mass is 9.85. The third-order valence-electron chi connectivity index (χ3n) is 5.97. The van der Waals surface area contributed by atoms with Gasteiger partial charge in [0.1, 0.15) is 12.4 Å². The second-order valence-electron chi connectivity index (χ2n) is 7.53. The third kappa shape index (κ3) is 2.75. The van der Waals surface area contributed by atoms with E-state index in [2.05, 4.69) is 12.2 Å². The number of hydrogen-bond acceptors (Lipinski definition) is 3. The third-order valence-corrected chi connectivity index (χ3v) is 6.56. The topological polar surface area (TPSA) is 46.6 Å². The number of allylic oxidation sites excluding steroid dienone is 2. The van der Waals surface area contributed by atoms with Gasteiger partial charge in [-0.15, -0.1) is 0 Å². The van der Waals surface area contributed by atoms with Gasteiger partial charge in [0.25, 0.3) is 0 Å². The van der Waals surface area contributed by atoms with Crippen LogP contribution >= 0.6 is 23.2 Å². The summed E-state index contributed by atoms with van der Waals surface area (Å²) in [7, 11) is 0. The van der Waals surface area contributed by atoms with Crippen molar-refractivity contribution in [3.05, 3.63) is 70.2 Å². The molecule has 0 unspecified atom stereocenters. The summed E-state index contributed by atoms with van der Waals surface area (Å²) >= 11 is 12.1. The standard InChI is InChI=1S/C22H17Cl2NO3/c23-15-4-3-14(18(24)10-15)11-28-17-7-5-16(6-8-17)25-21(26)19-12-1-2-13(9-12)20(19)22(25)27/h1-8,10,12-13,19-20H,9,11H2/t12-,13-,19-,20+/m0/s1. The number of imide groups is 1. The molecular weight excluding hydrogens is 397 g/mol. The monoisotopic (exact) mass is 413 g/mol. The number of nitrogens with zero attached hydrogens (tertiary/aromatic N) is 1. The van der Waals surface area contributed by atoms with Crippen molar-refractivity contribution in [2.45, 2.75) is 13.0 Å². The molecule has 0 N–H and O–H groups in total. The first-order valence-electron chi connectivity index (χ1n) is 9.26. The minimum absolute atomic E-state index is 0.0755. The first kappa shape index (κ1) is 17.8. The number of rotatable bonds is 4. The van der Waals surface area contributed by atoms with Gasteiger partial charge in [0, 0.05) is 15.6 Å². The lowest BCUT2D eigenvalue weighted by molar-refractivity contribution is -0.123. The molecule has 3 aliphatic rings. The zero-order chi connectivity index (χ0) is 19.4. The maximum atomic E-state index is 12.9. The van der Waals surface area contributed by atoms with Gasteiger partial charge < -0.3 is 4.74 Å². The quantitative estimate of drug-likeness (QED) is 0.529. The number of halogens is 2. The Balaban J connectivity index is 1.30. The van der Waals surface area contributed by atoms with E-state index in [1.165, 1.54) is 4.90 Å². The van der Waals surface area contributed by atoms with Crippen molar-refractivity contribution in [1.82, 2.24) is 0 Å². The molecule has 2 fully saturated rings. The molecule has 4 atom stereocenters. The molecular formula is C22H17Cl2NO3. The lowest BCUT2D eigenvalue weighted by Gasteiger charge is -2.17. The van der Waals surface area contributed by atoms with Crippen molar-refractivity contribution in [3.8, 4) is 5.75 Å². The minimum Gasteiger partial charge on any atom is -0.489 e. The van der Waals surface area contributed by atoms with Crippen LogP contribution in [0.5, 0.6) is 5.75 Å². The summed E-state index contributed by atoms with van der Waals surface area (Å²) in [6, 6.07) is 12.3. The molecule has 0 radical (unpaired) electrons. The summed E-state index contributed by atoms with van der Waals surface area (Å²) in [5, 5.41) is 1.12. The van der Waals surface area contributed by atoms with E-state index in [-0.39, 0.29) is 35.5 Å². The van der Waals surface area contributed by atoms with E-state index in [9.17, 15) is 9.59 Å². The average Bonchev–Trinajstić information content (AvgIpc) is 3.36.